The van der Waals surface area contributed by atoms with Crippen LogP contribution in [0, 0.1) is 16.7 Å². The van der Waals surface area contributed by atoms with Crippen LogP contribution in [0.15, 0.2) is 18.2 Å². The van der Waals surface area contributed by atoms with Crippen LogP contribution in [0.3, 0.4) is 0 Å². The van der Waals surface area contributed by atoms with Gasteiger partial charge < -0.3 is 5.32 Å². The van der Waals surface area contributed by atoms with E-state index in [1.807, 2.05) is 6.07 Å². The number of anilines is 1. The molecule has 1 amide bonds. The van der Waals surface area contributed by atoms with E-state index in [-0.39, 0.29) is 36.1 Å². The first-order chi connectivity index (χ1) is 13.1. The molecule has 11 heteroatoms. The molecule has 2 bridgehead atoms. The highest BCUT2D eigenvalue weighted by Crippen LogP contribution is 2.73. The first-order valence-corrected chi connectivity index (χ1v) is 9.76. The van der Waals surface area contributed by atoms with Crippen LogP contribution >= 0.6 is 0 Å². The predicted octanol–water partition coefficient (Wildman–Crippen LogP) is 2.34. The molecule has 1 saturated heterocycles. The topological polar surface area (TPSA) is 96.7 Å². The van der Waals surface area contributed by atoms with E-state index in [2.05, 4.69) is 5.32 Å². The van der Waals surface area contributed by atoms with E-state index in [0.717, 1.165) is 10.8 Å². The molecular weight excluding hydrogens is 397 g/mol. The average molecular weight is 414 g/mol. The summed E-state index contributed by atoms with van der Waals surface area (Å²) >= 11 is -2.47. The molecule has 5 rings (SSSR count). The van der Waals surface area contributed by atoms with Crippen molar-refractivity contribution >= 4 is 22.9 Å². The Balaban J connectivity index is 1.59. The highest BCUT2D eigenvalue weighted by Gasteiger charge is 2.79. The molecule has 28 heavy (non-hydrogen) atoms. The quantitative estimate of drug-likeness (QED) is 0.721. The van der Waals surface area contributed by atoms with Gasteiger partial charge in [-0.25, -0.2) is 9.22 Å². The van der Waals surface area contributed by atoms with Crippen LogP contribution in [0.4, 0.5) is 18.9 Å². The van der Waals surface area contributed by atoms with Gasteiger partial charge in [0.05, 0.1) is 28.3 Å². The standard InChI is InChI=1S/C17H17F3N4O3S/c18-17(19,20)15-8-16(9-15,10-15)22-14(25)12-3-2-11(7-21)6-13(12)24(28(26)27)23-4-1-5-23/h2-3,6H,1,4-5,8-10H2,(H,22,25)(H,26,27). The molecule has 0 spiro atoms. The molecule has 1 unspecified atom stereocenters. The fourth-order valence-electron chi connectivity index (χ4n) is 4.30. The number of alkyl halides is 3. The van der Waals surface area contributed by atoms with Crippen molar-refractivity contribution in [1.29, 1.82) is 5.26 Å². The lowest BCUT2D eigenvalue weighted by Crippen LogP contribution is -2.78. The van der Waals surface area contributed by atoms with Gasteiger partial charge in [-0.05, 0) is 43.9 Å². The first-order valence-electron chi connectivity index (χ1n) is 8.69. The van der Waals surface area contributed by atoms with Gasteiger partial charge in [0.25, 0.3) is 17.2 Å². The fraction of sp³-hybridized carbons (Fsp3) is 0.529. The van der Waals surface area contributed by atoms with Gasteiger partial charge in [0, 0.05) is 18.6 Å². The van der Waals surface area contributed by atoms with E-state index in [1.165, 1.54) is 18.2 Å². The van der Waals surface area contributed by atoms with Gasteiger partial charge in [0.2, 0.25) is 0 Å². The molecule has 0 aromatic heterocycles. The Bertz CT molecular complexity index is 890. The Morgan fingerprint density at radius 2 is 1.96 bits per heavy atom. The highest BCUT2D eigenvalue weighted by molar-refractivity contribution is 7.80. The number of nitrogens with one attached hydrogen (secondary N) is 1. The minimum atomic E-state index is -4.28. The van der Waals surface area contributed by atoms with E-state index in [1.54, 1.807) is 5.01 Å². The second-order valence-electron chi connectivity index (χ2n) is 7.70. The third-order valence-corrected chi connectivity index (χ3v) is 6.55. The maximum Gasteiger partial charge on any atom is 0.394 e. The van der Waals surface area contributed by atoms with Crippen LogP contribution in [0.1, 0.15) is 41.6 Å². The Morgan fingerprint density at radius 3 is 2.43 bits per heavy atom. The summed E-state index contributed by atoms with van der Waals surface area (Å²) in [4.78, 5) is 12.8. The number of amides is 1. The summed E-state index contributed by atoms with van der Waals surface area (Å²) in [5.41, 5.74) is -2.25. The molecule has 150 valence electrons. The number of hydrazine groups is 1. The molecule has 3 saturated carbocycles. The molecule has 1 aliphatic heterocycles. The number of carbonyl (C=O) groups is 1. The van der Waals surface area contributed by atoms with Crippen molar-refractivity contribution in [2.75, 3.05) is 17.5 Å². The molecule has 1 aromatic carbocycles. The van der Waals surface area contributed by atoms with Crippen molar-refractivity contribution in [3.8, 4) is 6.07 Å². The maximum absolute atomic E-state index is 13.0. The molecule has 0 radical (unpaired) electrons. The van der Waals surface area contributed by atoms with Crippen LogP contribution in [-0.2, 0) is 11.3 Å². The summed E-state index contributed by atoms with van der Waals surface area (Å²) in [5, 5.41) is 13.4. The summed E-state index contributed by atoms with van der Waals surface area (Å²) in [6.45, 7) is 1.03. The third kappa shape index (κ3) is 2.78. The normalized spacial score (nSPS) is 29.5. The van der Waals surface area contributed by atoms with Gasteiger partial charge in [-0.1, -0.05) is 0 Å². The van der Waals surface area contributed by atoms with Gasteiger partial charge in [0.15, 0.2) is 0 Å². The fourth-order valence-corrected chi connectivity index (χ4v) is 4.98. The van der Waals surface area contributed by atoms with E-state index in [0.29, 0.717) is 13.1 Å². The Kier molecular flexibility index (Phi) is 4.22. The molecule has 1 heterocycles. The molecule has 4 aliphatic rings. The summed E-state index contributed by atoms with van der Waals surface area (Å²) in [5.74, 6) is -0.620. The van der Waals surface area contributed by atoms with E-state index >= 15 is 0 Å². The van der Waals surface area contributed by atoms with Crippen molar-refractivity contribution < 1.29 is 26.7 Å². The van der Waals surface area contributed by atoms with Crippen molar-refractivity contribution in [2.24, 2.45) is 5.41 Å². The number of rotatable bonds is 5. The van der Waals surface area contributed by atoms with Crippen LogP contribution in [0.5, 0.6) is 0 Å². The number of benzene rings is 1. The van der Waals surface area contributed by atoms with Crippen molar-refractivity contribution in [1.82, 2.24) is 10.3 Å². The summed E-state index contributed by atoms with van der Waals surface area (Å²) in [6.07, 6.45) is -3.91. The monoisotopic (exact) mass is 414 g/mol. The molecule has 2 N–H and O–H groups in total. The Hall–Kier alpha value is -2.16. The highest BCUT2D eigenvalue weighted by atomic mass is 32.2. The minimum Gasteiger partial charge on any atom is -0.346 e. The molecular formula is C17H17F3N4O3S. The van der Waals surface area contributed by atoms with Gasteiger partial charge in [-0.2, -0.15) is 22.8 Å². The lowest BCUT2D eigenvalue weighted by atomic mass is 9.39. The number of hydrogen-bond acceptors (Lipinski definition) is 4. The number of hydrogen-bond donors (Lipinski definition) is 2. The van der Waals surface area contributed by atoms with Crippen LogP contribution in [-0.4, -0.2) is 44.5 Å². The number of halogens is 3. The Morgan fingerprint density at radius 1 is 1.32 bits per heavy atom. The molecule has 7 nitrogen and oxygen atoms in total. The zero-order chi connectivity index (χ0) is 20.3. The summed E-state index contributed by atoms with van der Waals surface area (Å²) in [6, 6.07) is 6.00. The van der Waals surface area contributed by atoms with Gasteiger partial charge in [-0.3, -0.25) is 9.35 Å². The van der Waals surface area contributed by atoms with E-state index in [9.17, 15) is 26.7 Å². The zero-order valence-corrected chi connectivity index (χ0v) is 15.4. The second kappa shape index (κ2) is 6.17. The molecule has 1 atom stereocenters. The van der Waals surface area contributed by atoms with Gasteiger partial charge in [0.1, 0.15) is 0 Å². The lowest BCUT2D eigenvalue weighted by Gasteiger charge is -2.70. The van der Waals surface area contributed by atoms with E-state index in [4.69, 9.17) is 5.26 Å². The van der Waals surface area contributed by atoms with Crippen molar-refractivity contribution in [2.45, 2.75) is 37.4 Å². The average Bonchev–Trinajstić information content (AvgIpc) is 2.50. The molecule has 4 fully saturated rings. The van der Waals surface area contributed by atoms with Crippen LogP contribution in [0.25, 0.3) is 0 Å². The zero-order valence-electron chi connectivity index (χ0n) is 14.6. The third-order valence-electron chi connectivity index (χ3n) is 5.83. The lowest BCUT2D eigenvalue weighted by molar-refractivity contribution is -0.336. The maximum atomic E-state index is 13.0. The number of nitrogens with zero attached hydrogens (tertiary/aromatic N) is 3. The second-order valence-corrected chi connectivity index (χ2v) is 8.50. The first kappa shape index (κ1) is 19.2. The van der Waals surface area contributed by atoms with E-state index < -0.39 is 34.3 Å². The summed E-state index contributed by atoms with van der Waals surface area (Å²) < 4.78 is 61.7. The molecule has 1 aromatic rings. The van der Waals surface area contributed by atoms with Crippen LogP contribution in [0.2, 0.25) is 0 Å². The summed E-state index contributed by atoms with van der Waals surface area (Å²) in [7, 11) is 0. The Labute approximate surface area is 161 Å². The predicted molar refractivity (Wildman–Crippen MR) is 93.1 cm³/mol. The van der Waals surface area contributed by atoms with Gasteiger partial charge in [-0.15, -0.1) is 0 Å². The number of carbonyl (C=O) groups excluding carboxylic acids is 1. The minimum absolute atomic E-state index is 0.0408. The largest absolute Gasteiger partial charge is 0.394 e. The SMILES string of the molecule is N#Cc1ccc(C(=O)NC23CC(C(F)(F)F)(C2)C3)c(N(N2CCC2)S(=O)O)c1. The van der Waals surface area contributed by atoms with Gasteiger partial charge >= 0.3 is 6.18 Å². The van der Waals surface area contributed by atoms with Crippen molar-refractivity contribution in [3.63, 3.8) is 0 Å². The number of nitriles is 1. The smallest absolute Gasteiger partial charge is 0.346 e. The molecule has 3 aliphatic carbocycles. The van der Waals surface area contributed by atoms with Crippen LogP contribution < -0.4 is 9.73 Å². The van der Waals surface area contributed by atoms with Crippen molar-refractivity contribution in [3.05, 3.63) is 29.3 Å².